The van der Waals surface area contributed by atoms with Crippen LogP contribution in [0.5, 0.6) is 0 Å². The Morgan fingerprint density at radius 2 is 2.05 bits per heavy atom. The molecule has 2 rings (SSSR count). The lowest BCUT2D eigenvalue weighted by Crippen LogP contribution is -2.11. The Morgan fingerprint density at radius 1 is 1.30 bits per heavy atom. The molecule has 20 heavy (non-hydrogen) atoms. The first-order valence-electron chi connectivity index (χ1n) is 6.44. The van der Waals surface area contributed by atoms with Gasteiger partial charge in [-0.05, 0) is 19.9 Å². The van der Waals surface area contributed by atoms with Crippen LogP contribution < -0.4 is 10.5 Å². The fourth-order valence-corrected chi connectivity index (χ4v) is 3.03. The second kappa shape index (κ2) is 5.68. The van der Waals surface area contributed by atoms with Crippen molar-refractivity contribution in [1.82, 2.24) is 14.3 Å². The van der Waals surface area contributed by atoms with E-state index >= 15 is 0 Å². The molecule has 0 amide bonds. The van der Waals surface area contributed by atoms with Gasteiger partial charge in [-0.2, -0.15) is 5.10 Å². The molecule has 2 aromatic heterocycles. The van der Waals surface area contributed by atoms with Gasteiger partial charge in [0.2, 0.25) is 0 Å². The molecule has 2 aromatic rings. The first-order valence-corrected chi connectivity index (χ1v) is 7.92. The molecule has 3 N–H and O–H groups in total. The average Bonchev–Trinajstić information content (AvgIpc) is 3.03. The van der Waals surface area contributed by atoms with Crippen LogP contribution >= 0.6 is 0 Å². The lowest BCUT2D eigenvalue weighted by atomic mass is 10.4. The van der Waals surface area contributed by atoms with Crippen LogP contribution in [0.15, 0.2) is 29.6 Å². The van der Waals surface area contributed by atoms with E-state index < -0.39 is 10.0 Å². The topological polar surface area (TPSA) is 94.9 Å². The maximum Gasteiger partial charge on any atom is 0.263 e. The van der Waals surface area contributed by atoms with Crippen molar-refractivity contribution >= 4 is 15.7 Å². The summed E-state index contributed by atoms with van der Waals surface area (Å²) < 4.78 is 30.6. The molecule has 0 bridgehead atoms. The smallest absolute Gasteiger partial charge is 0.263 e. The summed E-state index contributed by atoms with van der Waals surface area (Å²) in [6.45, 7) is 5.53. The van der Waals surface area contributed by atoms with Crippen molar-refractivity contribution in [3.8, 4) is 0 Å². The fraction of sp³-hybridized carbons (Fsp3) is 0.417. The van der Waals surface area contributed by atoms with E-state index in [4.69, 9.17) is 5.73 Å². The number of nitrogens with zero attached hydrogens (tertiary/aromatic N) is 3. The van der Waals surface area contributed by atoms with Gasteiger partial charge >= 0.3 is 0 Å². The molecule has 7 nitrogen and oxygen atoms in total. The van der Waals surface area contributed by atoms with Crippen LogP contribution in [0, 0.1) is 0 Å². The zero-order valence-corrected chi connectivity index (χ0v) is 12.4. The number of hydrogen-bond acceptors (Lipinski definition) is 4. The average molecular weight is 297 g/mol. The van der Waals surface area contributed by atoms with E-state index in [0.717, 1.165) is 5.69 Å². The second-order valence-corrected chi connectivity index (χ2v) is 6.03. The molecule has 0 aromatic carbocycles. The normalized spacial score (nSPS) is 11.8. The molecule has 0 saturated heterocycles. The van der Waals surface area contributed by atoms with Crippen LogP contribution in [0.2, 0.25) is 0 Å². The van der Waals surface area contributed by atoms with E-state index in [1.165, 1.54) is 6.20 Å². The van der Waals surface area contributed by atoms with Crippen LogP contribution in [-0.4, -0.2) is 22.8 Å². The van der Waals surface area contributed by atoms with Gasteiger partial charge in [-0.25, -0.2) is 8.42 Å². The second-order valence-electron chi connectivity index (χ2n) is 4.35. The highest BCUT2D eigenvalue weighted by atomic mass is 32.2. The molecular formula is C12H19N5O2S. The molecule has 0 saturated carbocycles. The Kier molecular flexibility index (Phi) is 4.15. The number of nitrogens with two attached hydrogens (primary N) is 1. The molecule has 0 aliphatic carbocycles. The number of sulfonamides is 1. The number of anilines is 1. The largest absolute Gasteiger partial charge is 0.349 e. The van der Waals surface area contributed by atoms with Crippen LogP contribution in [0.4, 0.5) is 5.69 Å². The quantitative estimate of drug-likeness (QED) is 0.831. The minimum absolute atomic E-state index is 0.212. The minimum atomic E-state index is -3.61. The molecule has 0 aliphatic rings. The van der Waals surface area contributed by atoms with Crippen LogP contribution in [0.3, 0.4) is 0 Å². The summed E-state index contributed by atoms with van der Waals surface area (Å²) in [5, 5.41) is 4.03. The molecule has 0 unspecified atom stereocenters. The van der Waals surface area contributed by atoms with E-state index in [0.29, 0.717) is 25.3 Å². The third-order valence-corrected chi connectivity index (χ3v) is 4.38. The van der Waals surface area contributed by atoms with Gasteiger partial charge in [0.15, 0.2) is 0 Å². The van der Waals surface area contributed by atoms with Crippen molar-refractivity contribution in [2.24, 2.45) is 5.73 Å². The summed E-state index contributed by atoms with van der Waals surface area (Å²) in [6.07, 6.45) is 4.73. The summed E-state index contributed by atoms with van der Waals surface area (Å²) in [5.74, 6) is 0. The first-order chi connectivity index (χ1) is 9.50. The van der Waals surface area contributed by atoms with Crippen LogP contribution in [-0.2, 0) is 29.7 Å². The van der Waals surface area contributed by atoms with E-state index in [1.807, 2.05) is 18.4 Å². The van der Waals surface area contributed by atoms with Crippen molar-refractivity contribution in [3.05, 3.63) is 30.4 Å². The molecule has 0 fully saturated rings. The molecular weight excluding hydrogens is 278 g/mol. The zero-order chi connectivity index (χ0) is 14.8. The first kappa shape index (κ1) is 14.6. The Labute approximate surface area is 118 Å². The lowest BCUT2D eigenvalue weighted by Gasteiger charge is -2.03. The Morgan fingerprint density at radius 3 is 2.55 bits per heavy atom. The number of aryl methyl sites for hydroxylation is 2. The van der Waals surface area contributed by atoms with Crippen LogP contribution in [0.25, 0.3) is 0 Å². The van der Waals surface area contributed by atoms with E-state index in [9.17, 15) is 8.42 Å². The van der Waals surface area contributed by atoms with Gasteiger partial charge in [-0.1, -0.05) is 0 Å². The predicted octanol–water partition coefficient (Wildman–Crippen LogP) is 0.984. The van der Waals surface area contributed by atoms with E-state index in [1.54, 1.807) is 23.1 Å². The third-order valence-electron chi connectivity index (χ3n) is 3.03. The van der Waals surface area contributed by atoms with E-state index in [2.05, 4.69) is 9.82 Å². The Balaban J connectivity index is 2.27. The number of rotatable bonds is 6. The monoisotopic (exact) mass is 297 g/mol. The molecule has 0 radical (unpaired) electrons. The summed E-state index contributed by atoms with van der Waals surface area (Å²) >= 11 is 0. The third kappa shape index (κ3) is 2.86. The number of hydrogen-bond donors (Lipinski definition) is 2. The van der Waals surface area contributed by atoms with Crippen molar-refractivity contribution in [1.29, 1.82) is 0 Å². The van der Waals surface area contributed by atoms with Crippen LogP contribution in [0.1, 0.15) is 19.5 Å². The predicted molar refractivity (Wildman–Crippen MR) is 76.7 cm³/mol. The number of nitrogens with one attached hydrogen (secondary N) is 1. The highest BCUT2D eigenvalue weighted by molar-refractivity contribution is 7.92. The lowest BCUT2D eigenvalue weighted by molar-refractivity contribution is 0.600. The zero-order valence-electron chi connectivity index (χ0n) is 11.6. The SMILES string of the molecule is CCn1cc(NS(=O)(=O)c2cc(CN)n(CC)c2)cn1. The summed E-state index contributed by atoms with van der Waals surface area (Å²) in [7, 11) is -3.61. The van der Waals surface area contributed by atoms with Crippen molar-refractivity contribution in [2.45, 2.75) is 38.4 Å². The summed E-state index contributed by atoms with van der Waals surface area (Å²) in [6, 6.07) is 1.59. The standard InChI is InChI=1S/C12H19N5O2S/c1-3-16-9-12(5-11(16)6-13)20(18,19)15-10-7-14-17(4-2)8-10/h5,7-9,15H,3-4,6,13H2,1-2H3. The van der Waals surface area contributed by atoms with Crippen molar-refractivity contribution in [2.75, 3.05) is 4.72 Å². The summed E-state index contributed by atoms with van der Waals surface area (Å²) in [4.78, 5) is 0.212. The molecule has 110 valence electrons. The van der Waals surface area contributed by atoms with E-state index in [-0.39, 0.29) is 4.90 Å². The van der Waals surface area contributed by atoms with Gasteiger partial charge in [-0.15, -0.1) is 0 Å². The van der Waals surface area contributed by atoms with Gasteiger partial charge in [-0.3, -0.25) is 9.40 Å². The molecule has 8 heteroatoms. The van der Waals surface area contributed by atoms with Gasteiger partial charge in [0, 0.05) is 37.7 Å². The van der Waals surface area contributed by atoms with Gasteiger partial charge in [0.05, 0.1) is 11.9 Å². The maximum atomic E-state index is 12.3. The molecule has 0 atom stereocenters. The highest BCUT2D eigenvalue weighted by Crippen LogP contribution is 2.18. The molecule has 0 aliphatic heterocycles. The maximum absolute atomic E-state index is 12.3. The van der Waals surface area contributed by atoms with Crippen molar-refractivity contribution < 1.29 is 8.42 Å². The fourth-order valence-electron chi connectivity index (χ4n) is 1.94. The number of aromatic nitrogens is 3. The van der Waals surface area contributed by atoms with Gasteiger partial charge in [0.25, 0.3) is 10.0 Å². The summed E-state index contributed by atoms with van der Waals surface area (Å²) in [5.41, 5.74) is 6.85. The molecule has 2 heterocycles. The molecule has 0 spiro atoms. The Hall–Kier alpha value is -1.80. The van der Waals surface area contributed by atoms with Gasteiger partial charge in [0.1, 0.15) is 4.90 Å². The highest BCUT2D eigenvalue weighted by Gasteiger charge is 2.18. The minimum Gasteiger partial charge on any atom is -0.349 e. The Bertz CT molecular complexity index is 665. The van der Waals surface area contributed by atoms with Gasteiger partial charge < -0.3 is 10.3 Å². The van der Waals surface area contributed by atoms with Crippen molar-refractivity contribution in [3.63, 3.8) is 0 Å².